The van der Waals surface area contributed by atoms with Gasteiger partial charge < -0.3 is 15.0 Å². The third-order valence-corrected chi connectivity index (χ3v) is 9.07. The van der Waals surface area contributed by atoms with Crippen molar-refractivity contribution in [1.29, 1.82) is 0 Å². The van der Waals surface area contributed by atoms with Gasteiger partial charge in [-0.05, 0) is 61.7 Å². The fraction of sp³-hybridized carbons (Fsp3) is 0.333. The van der Waals surface area contributed by atoms with Crippen LogP contribution in [-0.2, 0) is 26.2 Å². The molecule has 0 aliphatic rings. The first-order valence-electron chi connectivity index (χ1n) is 13.3. The number of nitrogens with zero attached hydrogens (tertiary/aromatic N) is 2. The molecule has 0 aliphatic carbocycles. The fourth-order valence-corrected chi connectivity index (χ4v) is 6.18. The molecular weight excluding hydrogens is 585 g/mol. The average Bonchev–Trinajstić information content (AvgIpc) is 2.97. The molecule has 220 valence electrons. The van der Waals surface area contributed by atoms with E-state index in [9.17, 15) is 18.0 Å². The van der Waals surface area contributed by atoms with Crippen molar-refractivity contribution in [3.63, 3.8) is 0 Å². The van der Waals surface area contributed by atoms with Gasteiger partial charge in [0, 0.05) is 22.6 Å². The van der Waals surface area contributed by atoms with Gasteiger partial charge in [0.05, 0.1) is 17.7 Å². The second-order valence-corrected chi connectivity index (χ2v) is 12.2. The molecule has 1 N–H and O–H groups in total. The summed E-state index contributed by atoms with van der Waals surface area (Å²) in [4.78, 5) is 28.9. The molecule has 0 unspecified atom stereocenters. The van der Waals surface area contributed by atoms with Gasteiger partial charge in [0.2, 0.25) is 11.8 Å². The SMILES string of the molecule is CC[C@H](C(=O)N[C@@H](C)CC)N(Cc1ccc(Cl)cc1Cl)C(=O)CN(c1ccccc1OC)S(=O)(=O)c1ccccc1. The standard InChI is InChI=1S/C30H35Cl2N3O5S/c1-5-21(3)33-30(37)26(6-2)34(19-22-16-17-23(31)18-25(22)32)29(36)20-35(27-14-10-11-15-28(27)40-4)41(38,39)24-12-8-7-9-13-24/h7-18,21,26H,5-6,19-20H2,1-4H3,(H,33,37)/t21-,26+/m0/s1. The third-order valence-electron chi connectivity index (χ3n) is 6.71. The second-order valence-electron chi connectivity index (χ2n) is 9.50. The van der Waals surface area contributed by atoms with Crippen LogP contribution in [0.1, 0.15) is 39.2 Å². The highest BCUT2D eigenvalue weighted by atomic mass is 35.5. The molecule has 2 atom stereocenters. The Bertz CT molecular complexity index is 1450. The highest BCUT2D eigenvalue weighted by Gasteiger charge is 2.35. The predicted molar refractivity (Wildman–Crippen MR) is 163 cm³/mol. The van der Waals surface area contributed by atoms with Gasteiger partial charge >= 0.3 is 0 Å². The number of para-hydroxylation sites is 2. The summed E-state index contributed by atoms with van der Waals surface area (Å²) in [7, 11) is -2.79. The van der Waals surface area contributed by atoms with E-state index in [2.05, 4.69) is 5.32 Å². The minimum Gasteiger partial charge on any atom is -0.495 e. The van der Waals surface area contributed by atoms with Gasteiger partial charge in [-0.15, -0.1) is 0 Å². The van der Waals surface area contributed by atoms with Gasteiger partial charge in [0.1, 0.15) is 18.3 Å². The van der Waals surface area contributed by atoms with Crippen LogP contribution in [0, 0.1) is 0 Å². The van der Waals surface area contributed by atoms with Crippen molar-refractivity contribution in [1.82, 2.24) is 10.2 Å². The maximum absolute atomic E-state index is 14.2. The number of carbonyl (C=O) groups excluding carboxylic acids is 2. The van der Waals surface area contributed by atoms with Gasteiger partial charge in [0.15, 0.2) is 0 Å². The Hall–Kier alpha value is -3.27. The number of anilines is 1. The zero-order valence-electron chi connectivity index (χ0n) is 23.5. The second kappa shape index (κ2) is 14.6. The van der Waals surface area contributed by atoms with Crippen LogP contribution in [0.3, 0.4) is 0 Å². The maximum atomic E-state index is 14.2. The Morgan fingerprint density at radius 2 is 1.61 bits per heavy atom. The van der Waals surface area contributed by atoms with Crippen LogP contribution in [0.5, 0.6) is 5.75 Å². The van der Waals surface area contributed by atoms with E-state index in [1.807, 2.05) is 13.8 Å². The molecule has 0 saturated heterocycles. The summed E-state index contributed by atoms with van der Waals surface area (Å²) >= 11 is 12.5. The Balaban J connectivity index is 2.11. The number of carbonyl (C=O) groups is 2. The average molecular weight is 621 g/mol. The van der Waals surface area contributed by atoms with Crippen LogP contribution >= 0.6 is 23.2 Å². The smallest absolute Gasteiger partial charge is 0.264 e. The number of hydrogen-bond acceptors (Lipinski definition) is 5. The normalized spacial score (nSPS) is 12.7. The largest absolute Gasteiger partial charge is 0.495 e. The maximum Gasteiger partial charge on any atom is 0.264 e. The number of amides is 2. The molecule has 0 aliphatic heterocycles. The zero-order chi connectivity index (χ0) is 30.2. The molecule has 3 aromatic rings. The van der Waals surface area contributed by atoms with Crippen molar-refractivity contribution in [3.05, 3.63) is 88.4 Å². The van der Waals surface area contributed by atoms with Crippen LogP contribution in [0.25, 0.3) is 0 Å². The molecule has 3 aromatic carbocycles. The molecule has 3 rings (SSSR count). The lowest BCUT2D eigenvalue weighted by Crippen LogP contribution is -2.53. The van der Waals surface area contributed by atoms with Crippen LogP contribution in [0.15, 0.2) is 77.7 Å². The molecule has 41 heavy (non-hydrogen) atoms. The van der Waals surface area contributed by atoms with E-state index >= 15 is 0 Å². The lowest BCUT2D eigenvalue weighted by atomic mass is 10.1. The Morgan fingerprint density at radius 1 is 0.951 bits per heavy atom. The summed E-state index contributed by atoms with van der Waals surface area (Å²) < 4.78 is 34.4. The quantitative estimate of drug-likeness (QED) is 0.256. The molecule has 8 nitrogen and oxygen atoms in total. The molecule has 0 spiro atoms. The minimum atomic E-state index is -4.22. The van der Waals surface area contributed by atoms with Crippen molar-refractivity contribution >= 4 is 50.7 Å². The summed E-state index contributed by atoms with van der Waals surface area (Å²) in [5.41, 5.74) is 0.753. The summed E-state index contributed by atoms with van der Waals surface area (Å²) in [6.45, 7) is 5.00. The van der Waals surface area contributed by atoms with E-state index in [-0.39, 0.29) is 34.8 Å². The monoisotopic (exact) mass is 619 g/mol. The number of benzene rings is 3. The van der Waals surface area contributed by atoms with Crippen molar-refractivity contribution in [2.24, 2.45) is 0 Å². The lowest BCUT2D eigenvalue weighted by molar-refractivity contribution is -0.140. The molecule has 0 saturated carbocycles. The van der Waals surface area contributed by atoms with Gasteiger partial charge in [-0.3, -0.25) is 13.9 Å². The van der Waals surface area contributed by atoms with Crippen molar-refractivity contribution in [3.8, 4) is 5.75 Å². The summed E-state index contributed by atoms with van der Waals surface area (Å²) in [5, 5.41) is 3.70. The topological polar surface area (TPSA) is 96.0 Å². The van der Waals surface area contributed by atoms with Crippen LogP contribution in [-0.4, -0.2) is 50.9 Å². The molecule has 2 amide bonds. The molecule has 0 heterocycles. The number of sulfonamides is 1. The highest BCUT2D eigenvalue weighted by molar-refractivity contribution is 7.92. The zero-order valence-corrected chi connectivity index (χ0v) is 25.8. The number of nitrogens with one attached hydrogen (secondary N) is 1. The van der Waals surface area contributed by atoms with E-state index in [1.54, 1.807) is 67.6 Å². The number of methoxy groups -OCH3 is 1. The first kappa shape index (κ1) is 32.2. The van der Waals surface area contributed by atoms with Gasteiger partial charge in [-0.1, -0.05) is 73.4 Å². The van der Waals surface area contributed by atoms with E-state index in [4.69, 9.17) is 27.9 Å². The van der Waals surface area contributed by atoms with Crippen LogP contribution in [0.2, 0.25) is 10.0 Å². The molecule has 0 fully saturated rings. The fourth-order valence-electron chi connectivity index (χ4n) is 4.26. The van der Waals surface area contributed by atoms with Gasteiger partial charge in [0.25, 0.3) is 10.0 Å². The van der Waals surface area contributed by atoms with Crippen molar-refractivity contribution < 1.29 is 22.7 Å². The van der Waals surface area contributed by atoms with E-state index in [0.29, 0.717) is 28.5 Å². The van der Waals surface area contributed by atoms with Crippen LogP contribution < -0.4 is 14.4 Å². The number of halogens is 2. The van der Waals surface area contributed by atoms with Crippen LogP contribution in [0.4, 0.5) is 5.69 Å². The highest BCUT2D eigenvalue weighted by Crippen LogP contribution is 2.33. The molecule has 0 aromatic heterocycles. The molecule has 0 bridgehead atoms. The number of hydrogen-bond donors (Lipinski definition) is 1. The first-order valence-corrected chi connectivity index (χ1v) is 15.5. The van der Waals surface area contributed by atoms with E-state index < -0.39 is 28.5 Å². The van der Waals surface area contributed by atoms with Gasteiger partial charge in [-0.2, -0.15) is 0 Å². The van der Waals surface area contributed by atoms with E-state index in [0.717, 1.165) is 4.31 Å². The molecule has 0 radical (unpaired) electrons. The van der Waals surface area contributed by atoms with Crippen molar-refractivity contribution in [2.45, 2.75) is 57.1 Å². The minimum absolute atomic E-state index is 0.00700. The Kier molecular flexibility index (Phi) is 11.5. The summed E-state index contributed by atoms with van der Waals surface area (Å²) in [6.07, 6.45) is 0.995. The lowest BCUT2D eigenvalue weighted by Gasteiger charge is -2.34. The van der Waals surface area contributed by atoms with E-state index in [1.165, 1.54) is 24.1 Å². The predicted octanol–water partition coefficient (Wildman–Crippen LogP) is 5.92. The molecular formula is C30H35Cl2N3O5S. The number of rotatable bonds is 13. The summed E-state index contributed by atoms with van der Waals surface area (Å²) in [6, 6.07) is 18.3. The Labute approximate surface area is 252 Å². The first-order chi connectivity index (χ1) is 19.5. The third kappa shape index (κ3) is 7.93. The molecule has 11 heteroatoms. The summed E-state index contributed by atoms with van der Waals surface area (Å²) in [5.74, 6) is -0.656. The van der Waals surface area contributed by atoms with Gasteiger partial charge in [-0.25, -0.2) is 8.42 Å². The Morgan fingerprint density at radius 3 is 2.22 bits per heavy atom. The van der Waals surface area contributed by atoms with Crippen molar-refractivity contribution in [2.75, 3.05) is 18.0 Å². The number of ether oxygens (including phenoxy) is 1.